The Morgan fingerprint density at radius 2 is 2.24 bits per heavy atom. The number of aryl methyl sites for hydroxylation is 2. The van der Waals surface area contributed by atoms with Crippen LogP contribution < -0.4 is 5.32 Å². The fourth-order valence-corrected chi connectivity index (χ4v) is 3.10. The van der Waals surface area contributed by atoms with Gasteiger partial charge in [-0.2, -0.15) is 5.10 Å². The third kappa shape index (κ3) is 3.34. The van der Waals surface area contributed by atoms with Crippen molar-refractivity contribution in [2.75, 3.05) is 25.0 Å². The van der Waals surface area contributed by atoms with Crippen LogP contribution in [0.25, 0.3) is 0 Å². The summed E-state index contributed by atoms with van der Waals surface area (Å²) >= 11 is 0. The lowest BCUT2D eigenvalue weighted by molar-refractivity contribution is -0.384. The minimum atomic E-state index is -0.330. The average Bonchev–Trinajstić information content (AvgIpc) is 3.00. The van der Waals surface area contributed by atoms with Crippen LogP contribution in [-0.2, 0) is 6.54 Å². The third-order valence-corrected chi connectivity index (χ3v) is 4.12. The van der Waals surface area contributed by atoms with Crippen molar-refractivity contribution in [2.45, 2.75) is 52.6 Å². The number of likely N-dealkylation sites (N-methyl/N-ethyl adjacent to an activating group) is 1. The number of hydrogen-bond donors (Lipinski definition) is 1. The van der Waals surface area contributed by atoms with Crippen LogP contribution in [0.3, 0.4) is 0 Å². The first-order chi connectivity index (χ1) is 10.1. The maximum Gasteiger partial charge on any atom is 0.333 e. The van der Waals surface area contributed by atoms with E-state index in [0.717, 1.165) is 32.5 Å². The van der Waals surface area contributed by atoms with E-state index in [4.69, 9.17) is 0 Å². The highest BCUT2D eigenvalue weighted by Crippen LogP contribution is 2.29. The zero-order chi connectivity index (χ0) is 15.4. The number of nitro groups is 1. The van der Waals surface area contributed by atoms with E-state index in [9.17, 15) is 10.1 Å². The highest BCUT2D eigenvalue weighted by Gasteiger charge is 2.28. The summed E-state index contributed by atoms with van der Waals surface area (Å²) in [6.45, 7) is 9.49. The Kier molecular flexibility index (Phi) is 5.17. The van der Waals surface area contributed by atoms with Crippen LogP contribution in [-0.4, -0.2) is 45.3 Å². The molecule has 1 atom stereocenters. The largest absolute Gasteiger partial charge is 0.363 e. The Labute approximate surface area is 125 Å². The van der Waals surface area contributed by atoms with Gasteiger partial charge in [-0.1, -0.05) is 13.8 Å². The maximum atomic E-state index is 11.3. The van der Waals surface area contributed by atoms with Crippen molar-refractivity contribution in [2.24, 2.45) is 0 Å². The minimum Gasteiger partial charge on any atom is -0.363 e. The Balaban J connectivity index is 2.15. The summed E-state index contributed by atoms with van der Waals surface area (Å²) in [4.78, 5) is 13.4. The fourth-order valence-electron chi connectivity index (χ4n) is 3.10. The second-order valence-electron chi connectivity index (χ2n) is 5.57. The van der Waals surface area contributed by atoms with Gasteiger partial charge < -0.3 is 5.32 Å². The fraction of sp³-hybridized carbons (Fsp3) is 0.786. The summed E-state index contributed by atoms with van der Waals surface area (Å²) < 4.78 is 1.73. The first-order valence-electron chi connectivity index (χ1n) is 7.78. The molecule has 2 heterocycles. The molecule has 1 aromatic rings. The number of rotatable bonds is 7. The lowest BCUT2D eigenvalue weighted by Crippen LogP contribution is -2.35. The summed E-state index contributed by atoms with van der Waals surface area (Å²) in [5, 5.41) is 18.9. The number of hydrogen-bond acceptors (Lipinski definition) is 5. The van der Waals surface area contributed by atoms with Crippen molar-refractivity contribution in [3.05, 3.63) is 15.8 Å². The van der Waals surface area contributed by atoms with Crippen molar-refractivity contribution < 1.29 is 4.92 Å². The smallest absolute Gasteiger partial charge is 0.333 e. The Morgan fingerprint density at radius 1 is 1.48 bits per heavy atom. The molecule has 1 aliphatic rings. The molecule has 1 fully saturated rings. The topological polar surface area (TPSA) is 76.2 Å². The molecule has 7 heteroatoms. The van der Waals surface area contributed by atoms with Gasteiger partial charge in [0.1, 0.15) is 5.69 Å². The predicted octanol–water partition coefficient (Wildman–Crippen LogP) is 2.41. The van der Waals surface area contributed by atoms with Crippen LogP contribution in [0, 0.1) is 17.0 Å². The molecule has 1 aromatic heterocycles. The number of anilines is 1. The molecule has 0 radical (unpaired) electrons. The lowest BCUT2D eigenvalue weighted by Gasteiger charge is -2.23. The first kappa shape index (κ1) is 15.8. The van der Waals surface area contributed by atoms with E-state index >= 15 is 0 Å². The molecule has 0 amide bonds. The van der Waals surface area contributed by atoms with Gasteiger partial charge in [0, 0.05) is 19.1 Å². The highest BCUT2D eigenvalue weighted by molar-refractivity contribution is 5.59. The molecular formula is C14H25N5O2. The van der Waals surface area contributed by atoms with E-state index in [0.29, 0.717) is 24.1 Å². The molecule has 21 heavy (non-hydrogen) atoms. The molecule has 0 bridgehead atoms. The number of aromatic nitrogens is 2. The van der Waals surface area contributed by atoms with E-state index in [1.165, 1.54) is 6.42 Å². The highest BCUT2D eigenvalue weighted by atomic mass is 16.6. The molecule has 1 aliphatic heterocycles. The summed E-state index contributed by atoms with van der Waals surface area (Å²) in [5.74, 6) is 0.558. The number of nitrogens with one attached hydrogen (secondary N) is 1. The first-order valence-corrected chi connectivity index (χ1v) is 7.78. The van der Waals surface area contributed by atoms with Gasteiger partial charge in [-0.15, -0.1) is 0 Å². The molecular weight excluding hydrogens is 270 g/mol. The van der Waals surface area contributed by atoms with E-state index < -0.39 is 0 Å². The molecule has 0 aliphatic carbocycles. The van der Waals surface area contributed by atoms with Gasteiger partial charge in [-0.05, 0) is 39.3 Å². The van der Waals surface area contributed by atoms with Crippen LogP contribution in [0.1, 0.15) is 38.8 Å². The summed E-state index contributed by atoms with van der Waals surface area (Å²) in [6.07, 6.45) is 3.25. The van der Waals surface area contributed by atoms with Crippen molar-refractivity contribution in [3.8, 4) is 0 Å². The van der Waals surface area contributed by atoms with Gasteiger partial charge in [0.2, 0.25) is 5.82 Å². The van der Waals surface area contributed by atoms with Crippen molar-refractivity contribution >= 4 is 11.5 Å². The Morgan fingerprint density at radius 3 is 2.86 bits per heavy atom. The van der Waals surface area contributed by atoms with Crippen molar-refractivity contribution in [3.63, 3.8) is 0 Å². The Hall–Kier alpha value is -1.63. The van der Waals surface area contributed by atoms with Crippen molar-refractivity contribution in [1.82, 2.24) is 14.7 Å². The van der Waals surface area contributed by atoms with Crippen LogP contribution in [0.4, 0.5) is 11.5 Å². The monoisotopic (exact) mass is 295 g/mol. The molecule has 1 unspecified atom stereocenters. The average molecular weight is 295 g/mol. The third-order valence-electron chi connectivity index (χ3n) is 4.12. The van der Waals surface area contributed by atoms with Gasteiger partial charge in [0.05, 0.1) is 4.92 Å². The Bertz CT molecular complexity index is 500. The zero-order valence-corrected chi connectivity index (χ0v) is 13.1. The van der Waals surface area contributed by atoms with Crippen LogP contribution in [0.2, 0.25) is 0 Å². The van der Waals surface area contributed by atoms with Gasteiger partial charge in [0.25, 0.3) is 0 Å². The van der Waals surface area contributed by atoms with Gasteiger partial charge in [-0.3, -0.25) is 15.0 Å². The summed E-state index contributed by atoms with van der Waals surface area (Å²) in [7, 11) is 0. The van der Waals surface area contributed by atoms with E-state index in [-0.39, 0.29) is 10.6 Å². The van der Waals surface area contributed by atoms with Crippen molar-refractivity contribution in [1.29, 1.82) is 0 Å². The molecule has 0 aromatic carbocycles. The minimum absolute atomic E-state index is 0.115. The maximum absolute atomic E-state index is 11.3. The molecule has 7 nitrogen and oxygen atoms in total. The summed E-state index contributed by atoms with van der Waals surface area (Å²) in [5.41, 5.74) is 0.596. The van der Waals surface area contributed by atoms with Crippen LogP contribution >= 0.6 is 0 Å². The molecule has 0 saturated carbocycles. The quantitative estimate of drug-likeness (QED) is 0.617. The van der Waals surface area contributed by atoms with Gasteiger partial charge >= 0.3 is 5.69 Å². The number of nitrogens with zero attached hydrogens (tertiary/aromatic N) is 4. The standard InChI is InChI=1S/C14H25N5O2/c1-4-8-18-14(13(19(20)21)11(3)16-18)15-10-12-7-6-9-17(12)5-2/h12,15H,4-10H2,1-3H3. The zero-order valence-electron chi connectivity index (χ0n) is 13.1. The van der Waals surface area contributed by atoms with Crippen LogP contribution in [0.5, 0.6) is 0 Å². The second-order valence-corrected chi connectivity index (χ2v) is 5.57. The van der Waals surface area contributed by atoms with Gasteiger partial charge in [-0.25, -0.2) is 4.68 Å². The normalized spacial score (nSPS) is 19.1. The summed E-state index contributed by atoms with van der Waals surface area (Å²) in [6, 6.07) is 0.458. The molecule has 2 rings (SSSR count). The van der Waals surface area contributed by atoms with E-state index in [2.05, 4.69) is 22.2 Å². The SMILES string of the molecule is CCCn1nc(C)c([N+](=O)[O-])c1NCC1CCCN1CC. The van der Waals surface area contributed by atoms with E-state index in [1.54, 1.807) is 11.6 Å². The van der Waals surface area contributed by atoms with E-state index in [1.807, 2.05) is 6.92 Å². The predicted molar refractivity (Wildman–Crippen MR) is 82.7 cm³/mol. The second kappa shape index (κ2) is 6.89. The van der Waals surface area contributed by atoms with Gasteiger partial charge in [0.15, 0.2) is 0 Å². The van der Waals surface area contributed by atoms with Crippen LogP contribution in [0.15, 0.2) is 0 Å². The molecule has 0 spiro atoms. The number of likely N-dealkylation sites (tertiary alicyclic amines) is 1. The molecule has 118 valence electrons. The molecule has 1 N–H and O–H groups in total. The molecule has 1 saturated heterocycles. The lowest BCUT2D eigenvalue weighted by atomic mass is 10.2.